The van der Waals surface area contributed by atoms with Crippen LogP contribution in [-0.2, 0) is 11.3 Å². The van der Waals surface area contributed by atoms with Crippen molar-refractivity contribution in [2.45, 2.75) is 40.2 Å². The lowest BCUT2D eigenvalue weighted by atomic mass is 10.1. The molecule has 3 aromatic rings. The SMILES string of the molecule is Cc1cccc(-n2c(C)cc(C(=O)Nc3cccc(CN4CCCC4=O)c3)c2C)c1. The van der Waals surface area contributed by atoms with Crippen molar-refractivity contribution < 1.29 is 9.59 Å². The van der Waals surface area contributed by atoms with Gasteiger partial charge in [0.25, 0.3) is 5.91 Å². The summed E-state index contributed by atoms with van der Waals surface area (Å²) in [5.41, 5.74) is 6.59. The molecule has 2 amide bonds. The molecule has 0 spiro atoms. The zero-order valence-corrected chi connectivity index (χ0v) is 17.7. The molecular formula is C25H27N3O2. The van der Waals surface area contributed by atoms with E-state index in [0.29, 0.717) is 18.5 Å². The third-order valence-electron chi connectivity index (χ3n) is 5.67. The molecule has 0 aliphatic carbocycles. The van der Waals surface area contributed by atoms with Gasteiger partial charge in [-0.25, -0.2) is 0 Å². The van der Waals surface area contributed by atoms with Gasteiger partial charge < -0.3 is 14.8 Å². The smallest absolute Gasteiger partial charge is 0.257 e. The van der Waals surface area contributed by atoms with E-state index < -0.39 is 0 Å². The first kappa shape index (κ1) is 20.0. The highest BCUT2D eigenvalue weighted by molar-refractivity contribution is 6.05. The van der Waals surface area contributed by atoms with Crippen LogP contribution in [0.25, 0.3) is 5.69 Å². The maximum absolute atomic E-state index is 13.0. The summed E-state index contributed by atoms with van der Waals surface area (Å²) in [6, 6.07) is 17.9. The van der Waals surface area contributed by atoms with Crippen LogP contribution >= 0.6 is 0 Å². The van der Waals surface area contributed by atoms with Crippen molar-refractivity contribution in [1.82, 2.24) is 9.47 Å². The van der Waals surface area contributed by atoms with Crippen molar-refractivity contribution in [3.05, 3.63) is 82.7 Å². The topological polar surface area (TPSA) is 54.3 Å². The van der Waals surface area contributed by atoms with Crippen LogP contribution < -0.4 is 5.32 Å². The average molecular weight is 402 g/mol. The second-order valence-electron chi connectivity index (χ2n) is 8.03. The first-order valence-corrected chi connectivity index (χ1v) is 10.4. The van der Waals surface area contributed by atoms with Crippen molar-refractivity contribution in [3.63, 3.8) is 0 Å². The third kappa shape index (κ3) is 4.01. The maximum atomic E-state index is 13.0. The molecule has 1 aliphatic rings. The van der Waals surface area contributed by atoms with Crippen LogP contribution in [0.2, 0.25) is 0 Å². The van der Waals surface area contributed by atoms with E-state index in [-0.39, 0.29) is 11.8 Å². The minimum absolute atomic E-state index is 0.128. The summed E-state index contributed by atoms with van der Waals surface area (Å²) in [4.78, 5) is 26.8. The fourth-order valence-corrected chi connectivity index (χ4v) is 4.19. The number of rotatable bonds is 5. The summed E-state index contributed by atoms with van der Waals surface area (Å²) < 4.78 is 2.11. The van der Waals surface area contributed by atoms with Crippen LogP contribution in [0.5, 0.6) is 0 Å². The van der Waals surface area contributed by atoms with Crippen molar-refractivity contribution >= 4 is 17.5 Å². The van der Waals surface area contributed by atoms with Crippen LogP contribution in [-0.4, -0.2) is 27.8 Å². The monoisotopic (exact) mass is 401 g/mol. The number of amides is 2. The fourth-order valence-electron chi connectivity index (χ4n) is 4.19. The largest absolute Gasteiger partial charge is 0.338 e. The zero-order valence-electron chi connectivity index (χ0n) is 17.7. The molecule has 5 nitrogen and oxygen atoms in total. The molecule has 1 aliphatic heterocycles. The summed E-state index contributed by atoms with van der Waals surface area (Å²) in [6.07, 6.45) is 1.55. The number of aromatic nitrogens is 1. The lowest BCUT2D eigenvalue weighted by molar-refractivity contribution is -0.128. The highest BCUT2D eigenvalue weighted by atomic mass is 16.2. The van der Waals surface area contributed by atoms with Gasteiger partial charge in [0.2, 0.25) is 5.91 Å². The summed E-state index contributed by atoms with van der Waals surface area (Å²) >= 11 is 0. The van der Waals surface area contributed by atoms with E-state index in [4.69, 9.17) is 0 Å². The fraction of sp³-hybridized carbons (Fsp3) is 0.280. The van der Waals surface area contributed by atoms with E-state index in [2.05, 4.69) is 35.0 Å². The quantitative estimate of drug-likeness (QED) is 0.669. The molecule has 1 aromatic heterocycles. The number of benzene rings is 2. The lowest BCUT2D eigenvalue weighted by Gasteiger charge is -2.16. The van der Waals surface area contributed by atoms with E-state index in [1.54, 1.807) is 0 Å². The predicted molar refractivity (Wildman–Crippen MR) is 119 cm³/mol. The number of carbonyl (C=O) groups is 2. The van der Waals surface area contributed by atoms with Gasteiger partial charge in [0.05, 0.1) is 5.56 Å². The molecule has 1 saturated heterocycles. The van der Waals surface area contributed by atoms with Crippen LogP contribution in [0.15, 0.2) is 54.6 Å². The number of aryl methyl sites for hydroxylation is 2. The minimum Gasteiger partial charge on any atom is -0.338 e. The van der Waals surface area contributed by atoms with Crippen LogP contribution in [0.1, 0.15) is 45.7 Å². The molecule has 2 aromatic carbocycles. The van der Waals surface area contributed by atoms with Crippen molar-refractivity contribution in [2.75, 3.05) is 11.9 Å². The Hall–Kier alpha value is -3.34. The van der Waals surface area contributed by atoms with Gasteiger partial charge in [-0.3, -0.25) is 9.59 Å². The Morgan fingerprint density at radius 3 is 2.57 bits per heavy atom. The van der Waals surface area contributed by atoms with Crippen LogP contribution in [0.4, 0.5) is 5.69 Å². The summed E-state index contributed by atoms with van der Waals surface area (Å²) in [5, 5.41) is 3.02. The summed E-state index contributed by atoms with van der Waals surface area (Å²) in [6.45, 7) is 7.44. The Kier molecular flexibility index (Phi) is 5.44. The standard InChI is InChI=1S/C25H27N3O2/c1-17-7-4-10-22(13-17)28-18(2)14-23(19(28)3)25(30)26-21-9-5-8-20(15-21)16-27-12-6-11-24(27)29/h4-5,7-10,13-15H,6,11-12,16H2,1-3H3,(H,26,30). The van der Waals surface area contributed by atoms with Crippen LogP contribution in [0, 0.1) is 20.8 Å². The summed E-state index contributed by atoms with van der Waals surface area (Å²) in [7, 11) is 0. The Bertz CT molecular complexity index is 1110. The van der Waals surface area contributed by atoms with Gasteiger partial charge in [-0.15, -0.1) is 0 Å². The molecule has 0 bridgehead atoms. The number of anilines is 1. The molecular weight excluding hydrogens is 374 g/mol. The zero-order chi connectivity index (χ0) is 21.3. The Balaban J connectivity index is 1.54. The molecule has 2 heterocycles. The molecule has 30 heavy (non-hydrogen) atoms. The van der Waals surface area contributed by atoms with E-state index in [1.807, 2.05) is 55.1 Å². The first-order chi connectivity index (χ1) is 14.4. The van der Waals surface area contributed by atoms with Crippen LogP contribution in [0.3, 0.4) is 0 Å². The molecule has 1 N–H and O–H groups in total. The van der Waals surface area contributed by atoms with E-state index in [9.17, 15) is 9.59 Å². The molecule has 0 unspecified atom stereocenters. The van der Waals surface area contributed by atoms with E-state index >= 15 is 0 Å². The number of nitrogens with zero attached hydrogens (tertiary/aromatic N) is 2. The number of hydrogen-bond donors (Lipinski definition) is 1. The molecule has 1 fully saturated rings. The highest BCUT2D eigenvalue weighted by Crippen LogP contribution is 2.23. The van der Waals surface area contributed by atoms with Gasteiger partial charge in [-0.1, -0.05) is 24.3 Å². The molecule has 154 valence electrons. The van der Waals surface area contributed by atoms with E-state index in [0.717, 1.165) is 41.3 Å². The van der Waals surface area contributed by atoms with Gasteiger partial charge in [0, 0.05) is 42.3 Å². The summed E-state index contributed by atoms with van der Waals surface area (Å²) in [5.74, 6) is 0.0735. The number of hydrogen-bond acceptors (Lipinski definition) is 2. The minimum atomic E-state index is -0.128. The number of likely N-dealkylation sites (tertiary alicyclic amines) is 1. The molecule has 5 heteroatoms. The number of carbonyl (C=O) groups excluding carboxylic acids is 2. The van der Waals surface area contributed by atoms with Gasteiger partial charge in [-0.2, -0.15) is 0 Å². The Morgan fingerprint density at radius 1 is 1.03 bits per heavy atom. The van der Waals surface area contributed by atoms with Crippen molar-refractivity contribution in [3.8, 4) is 5.69 Å². The second-order valence-corrected chi connectivity index (χ2v) is 8.03. The molecule has 0 radical (unpaired) electrons. The third-order valence-corrected chi connectivity index (χ3v) is 5.67. The number of nitrogens with one attached hydrogen (secondary N) is 1. The lowest BCUT2D eigenvalue weighted by Crippen LogP contribution is -2.23. The Morgan fingerprint density at radius 2 is 1.83 bits per heavy atom. The van der Waals surface area contributed by atoms with Crippen molar-refractivity contribution in [2.24, 2.45) is 0 Å². The maximum Gasteiger partial charge on any atom is 0.257 e. The van der Waals surface area contributed by atoms with Gasteiger partial charge in [-0.05, 0) is 68.7 Å². The Labute approximate surface area is 177 Å². The molecule has 0 saturated carbocycles. The normalized spacial score (nSPS) is 13.7. The van der Waals surface area contributed by atoms with Gasteiger partial charge >= 0.3 is 0 Å². The highest BCUT2D eigenvalue weighted by Gasteiger charge is 2.20. The molecule has 0 atom stereocenters. The van der Waals surface area contributed by atoms with Gasteiger partial charge in [0.15, 0.2) is 0 Å². The predicted octanol–water partition coefficient (Wildman–Crippen LogP) is 4.78. The van der Waals surface area contributed by atoms with Gasteiger partial charge in [0.1, 0.15) is 0 Å². The average Bonchev–Trinajstić information content (AvgIpc) is 3.24. The van der Waals surface area contributed by atoms with Crippen molar-refractivity contribution in [1.29, 1.82) is 0 Å². The van der Waals surface area contributed by atoms with E-state index in [1.165, 1.54) is 5.56 Å². The first-order valence-electron chi connectivity index (χ1n) is 10.4. The second kappa shape index (κ2) is 8.19. The molecule has 4 rings (SSSR count).